The number of alkyl halides is 3. The van der Waals surface area contributed by atoms with Gasteiger partial charge in [-0.25, -0.2) is 0 Å². The molecule has 0 aliphatic heterocycles. The number of aryl methyl sites for hydroxylation is 8. The maximum Gasteiger partial charge on any atom is 0.417 e. The van der Waals surface area contributed by atoms with Crippen molar-refractivity contribution in [1.29, 1.82) is 10.5 Å². The number of nitrogens with zero attached hydrogens (tertiary/aromatic N) is 4. The lowest BCUT2D eigenvalue weighted by atomic mass is 9.92. The molecule has 13 rings (SSSR count). The van der Waals surface area contributed by atoms with Crippen LogP contribution in [0.2, 0.25) is 0 Å². The summed E-state index contributed by atoms with van der Waals surface area (Å²) in [5.41, 5.74) is 23.9. The SMILES string of the molecule is Cc1cc(C)cc(-c2ccc3c(c2)c2cc(-c4cc(C)cc(C)c4)ccc2n3-c2ccc(C#N)cc2-c2cc(-c3ccc(C#N)cc3C(F)(F)F)ccc2-n2c3ccc(-c4cc(C)cc(C)c4)cc3c3cc(-c4cc(C)cc(C)c4)ccc32)c1. The van der Waals surface area contributed by atoms with Crippen molar-refractivity contribution in [1.82, 2.24) is 9.13 Å². The van der Waals surface area contributed by atoms with E-state index in [-0.39, 0.29) is 11.1 Å². The van der Waals surface area contributed by atoms with E-state index in [0.29, 0.717) is 27.9 Å². The molecule has 0 saturated carbocycles. The highest BCUT2D eigenvalue weighted by atomic mass is 19.4. The molecule has 11 aromatic carbocycles. The van der Waals surface area contributed by atoms with Gasteiger partial charge in [0.1, 0.15) is 0 Å². The molecule has 406 valence electrons. The number of benzene rings is 11. The summed E-state index contributed by atoms with van der Waals surface area (Å²) < 4.78 is 50.6. The van der Waals surface area contributed by atoms with Crippen LogP contribution in [0.15, 0.2) is 200 Å². The summed E-state index contributed by atoms with van der Waals surface area (Å²) in [6.07, 6.45) is -4.78. The minimum absolute atomic E-state index is 0.0691. The van der Waals surface area contributed by atoms with Crippen LogP contribution in [0.5, 0.6) is 0 Å². The van der Waals surface area contributed by atoms with Crippen molar-refractivity contribution in [2.75, 3.05) is 0 Å². The smallest absolute Gasteiger partial charge is 0.309 e. The van der Waals surface area contributed by atoms with E-state index in [1.807, 2.05) is 36.4 Å². The van der Waals surface area contributed by atoms with Gasteiger partial charge in [0.15, 0.2) is 0 Å². The molecular weight excluding hydrogens is 1040 g/mol. The first-order valence-corrected chi connectivity index (χ1v) is 28.2. The van der Waals surface area contributed by atoms with Crippen LogP contribution in [0, 0.1) is 78.1 Å². The summed E-state index contributed by atoms with van der Waals surface area (Å²) >= 11 is 0. The highest BCUT2D eigenvalue weighted by Crippen LogP contribution is 2.47. The van der Waals surface area contributed by atoms with Gasteiger partial charge in [-0.3, -0.25) is 0 Å². The molecule has 0 aliphatic carbocycles. The predicted octanol–water partition coefficient (Wildman–Crippen LogP) is 21.1. The van der Waals surface area contributed by atoms with Crippen LogP contribution in [0.25, 0.3) is 122 Å². The Hall–Kier alpha value is -10.2. The van der Waals surface area contributed by atoms with E-state index in [1.54, 1.807) is 6.07 Å². The third-order valence-corrected chi connectivity index (χ3v) is 16.4. The summed E-state index contributed by atoms with van der Waals surface area (Å²) in [6, 6.07) is 71.9. The van der Waals surface area contributed by atoms with Crippen LogP contribution >= 0.6 is 0 Å². The summed E-state index contributed by atoms with van der Waals surface area (Å²) in [7, 11) is 0. The average Bonchev–Trinajstić information content (AvgIpc) is 4.22. The summed E-state index contributed by atoms with van der Waals surface area (Å²) in [4.78, 5) is 0. The van der Waals surface area contributed by atoms with Gasteiger partial charge < -0.3 is 9.13 Å². The van der Waals surface area contributed by atoms with Crippen molar-refractivity contribution in [3.05, 3.63) is 261 Å². The zero-order valence-electron chi connectivity index (χ0n) is 48.0. The zero-order chi connectivity index (χ0) is 58.5. The molecule has 2 aromatic heterocycles. The fourth-order valence-electron chi connectivity index (χ4n) is 13.1. The highest BCUT2D eigenvalue weighted by molar-refractivity contribution is 6.14. The fraction of sp³-hybridized carbons (Fsp3) is 0.117. The molecule has 0 saturated heterocycles. The second-order valence-corrected chi connectivity index (χ2v) is 23.0. The molecule has 0 radical (unpaired) electrons. The molecule has 84 heavy (non-hydrogen) atoms. The minimum Gasteiger partial charge on any atom is -0.309 e. The largest absolute Gasteiger partial charge is 0.417 e. The van der Waals surface area contributed by atoms with E-state index < -0.39 is 11.7 Å². The van der Waals surface area contributed by atoms with Gasteiger partial charge in [0.25, 0.3) is 0 Å². The molecule has 4 nitrogen and oxygen atoms in total. The topological polar surface area (TPSA) is 57.4 Å². The number of hydrogen-bond donors (Lipinski definition) is 0. The summed E-state index contributed by atoms with van der Waals surface area (Å²) in [5, 5.41) is 24.8. The summed E-state index contributed by atoms with van der Waals surface area (Å²) in [6.45, 7) is 16.9. The van der Waals surface area contributed by atoms with Crippen LogP contribution in [0.3, 0.4) is 0 Å². The van der Waals surface area contributed by atoms with Crippen molar-refractivity contribution >= 4 is 43.6 Å². The Bertz CT molecular complexity index is 4710. The Morgan fingerprint density at radius 2 is 0.583 bits per heavy atom. The first kappa shape index (κ1) is 53.1. The van der Waals surface area contributed by atoms with Gasteiger partial charge in [-0.1, -0.05) is 154 Å². The number of rotatable bonds is 8. The lowest BCUT2D eigenvalue weighted by Crippen LogP contribution is -2.08. The molecule has 7 heteroatoms. The molecule has 0 atom stereocenters. The van der Waals surface area contributed by atoms with E-state index in [2.05, 4.69) is 216 Å². The fourth-order valence-corrected chi connectivity index (χ4v) is 13.1. The molecule has 0 amide bonds. The van der Waals surface area contributed by atoms with Crippen LogP contribution in [0.1, 0.15) is 61.2 Å². The van der Waals surface area contributed by atoms with Gasteiger partial charge in [-0.2, -0.15) is 23.7 Å². The van der Waals surface area contributed by atoms with E-state index in [9.17, 15) is 10.5 Å². The van der Waals surface area contributed by atoms with E-state index in [1.165, 1.54) is 34.4 Å². The Morgan fingerprint density at radius 1 is 0.286 bits per heavy atom. The van der Waals surface area contributed by atoms with Crippen molar-refractivity contribution in [2.45, 2.75) is 61.6 Å². The lowest BCUT2D eigenvalue weighted by molar-refractivity contribution is -0.137. The van der Waals surface area contributed by atoms with Crippen molar-refractivity contribution in [2.24, 2.45) is 0 Å². The average molecular weight is 1100 g/mol. The molecule has 2 heterocycles. The maximum atomic E-state index is 15.4. The van der Waals surface area contributed by atoms with Gasteiger partial charge in [-0.15, -0.1) is 0 Å². The molecule has 0 spiro atoms. The number of hydrogen-bond acceptors (Lipinski definition) is 2. The first-order chi connectivity index (χ1) is 40.4. The van der Waals surface area contributed by atoms with Crippen LogP contribution in [-0.4, -0.2) is 9.13 Å². The van der Waals surface area contributed by atoms with Crippen molar-refractivity contribution in [3.63, 3.8) is 0 Å². The Balaban J connectivity index is 1.14. The maximum absolute atomic E-state index is 15.4. The van der Waals surface area contributed by atoms with Gasteiger partial charge in [0.05, 0.1) is 62.3 Å². The van der Waals surface area contributed by atoms with Crippen molar-refractivity contribution < 1.29 is 13.2 Å². The molecular formula is C77H57F3N4. The lowest BCUT2D eigenvalue weighted by Gasteiger charge is -2.21. The van der Waals surface area contributed by atoms with Gasteiger partial charge in [0.2, 0.25) is 0 Å². The minimum atomic E-state index is -4.78. The highest BCUT2D eigenvalue weighted by Gasteiger charge is 2.35. The molecule has 0 bridgehead atoms. The van der Waals surface area contributed by atoms with Crippen LogP contribution in [-0.2, 0) is 6.18 Å². The molecule has 13 aromatic rings. The number of nitriles is 2. The molecule has 0 aliphatic rings. The Kier molecular flexibility index (Phi) is 12.9. The summed E-state index contributed by atoms with van der Waals surface area (Å²) in [5.74, 6) is 0. The Morgan fingerprint density at radius 3 is 0.917 bits per heavy atom. The molecule has 0 N–H and O–H groups in total. The number of fused-ring (bicyclic) bond motifs is 6. The second kappa shape index (κ2) is 20.3. The van der Waals surface area contributed by atoms with Gasteiger partial charge in [0, 0.05) is 32.7 Å². The second-order valence-electron chi connectivity index (χ2n) is 23.0. The molecule has 0 fully saturated rings. The van der Waals surface area contributed by atoms with E-state index in [0.717, 1.165) is 122 Å². The van der Waals surface area contributed by atoms with E-state index in [4.69, 9.17) is 0 Å². The van der Waals surface area contributed by atoms with Crippen molar-refractivity contribution in [3.8, 4) is 90.3 Å². The number of aromatic nitrogens is 2. The van der Waals surface area contributed by atoms with Gasteiger partial charge in [-0.05, 0) is 202 Å². The Labute approximate surface area is 487 Å². The predicted molar refractivity (Wildman–Crippen MR) is 340 cm³/mol. The van der Waals surface area contributed by atoms with Crippen LogP contribution < -0.4 is 0 Å². The standard InChI is InChI=1S/C77H57F3N4/c1-44-23-45(2)28-59(27-44)54-11-18-72-65(37-54)66-38-55(60-29-46(3)24-47(4)30-60)12-19-73(66)83(72)71-17-10-52(42-81)35-64(71)69-41-58(63-16-9-53(43-82)36-70(63)77(78,79)80)15-22-76(69)84-74-20-13-56(61-31-48(5)25-49(6)32-61)39-67(74)68-40-57(14-21-75(68)84)62-33-50(7)26-51(8)34-62/h9-41H,1-8H3. The van der Waals surface area contributed by atoms with Gasteiger partial charge >= 0.3 is 6.18 Å². The monoisotopic (exact) mass is 1090 g/mol. The number of halogens is 3. The first-order valence-electron chi connectivity index (χ1n) is 28.2. The van der Waals surface area contributed by atoms with E-state index >= 15 is 13.2 Å². The molecule has 0 unspecified atom stereocenters. The zero-order valence-corrected chi connectivity index (χ0v) is 48.0. The third-order valence-electron chi connectivity index (χ3n) is 16.4. The van der Waals surface area contributed by atoms with Crippen LogP contribution in [0.4, 0.5) is 13.2 Å². The third kappa shape index (κ3) is 9.48. The quantitative estimate of drug-likeness (QED) is 0.152. The normalized spacial score (nSPS) is 11.7.